The van der Waals surface area contributed by atoms with Crippen molar-refractivity contribution >= 4 is 6.20 Å². The number of nitrogens with zero attached hydrogens (tertiary/aromatic N) is 1. The molecule has 0 spiro atoms. The number of aryl methyl sites for hydroxylation is 1. The minimum Gasteiger partial charge on any atom is -1.00 e. The average molecular weight is 242 g/mol. The standard InChI is InChI=1S/C11H16N.BrH/c1-3-5-6-11-7-9-12(4-2)10-8-11;/h4,7-10H,2-3,5-6H2,1H3;1H/q+1;/p-1. The highest BCUT2D eigenvalue weighted by Crippen LogP contribution is 2.01. The molecule has 0 aliphatic rings. The number of hydrogen-bond donors (Lipinski definition) is 0. The molecule has 0 unspecified atom stereocenters. The van der Waals surface area contributed by atoms with E-state index in [1.165, 1.54) is 24.8 Å². The zero-order chi connectivity index (χ0) is 8.81. The van der Waals surface area contributed by atoms with Crippen LogP contribution in [0, 0.1) is 0 Å². The fraction of sp³-hybridized carbons (Fsp3) is 0.364. The SMILES string of the molecule is C=C[n+]1ccc(CCCC)cc1.[Br-]. The summed E-state index contributed by atoms with van der Waals surface area (Å²) >= 11 is 0. The van der Waals surface area contributed by atoms with E-state index in [1.54, 1.807) is 6.20 Å². The zero-order valence-electron chi connectivity index (χ0n) is 8.04. The van der Waals surface area contributed by atoms with E-state index >= 15 is 0 Å². The molecule has 0 aliphatic heterocycles. The Kier molecular flexibility index (Phi) is 6.51. The minimum atomic E-state index is 0. The monoisotopic (exact) mass is 241 g/mol. The van der Waals surface area contributed by atoms with Gasteiger partial charge in [-0.2, -0.15) is 4.57 Å². The average Bonchev–Trinajstić information content (AvgIpc) is 2.15. The Morgan fingerprint density at radius 3 is 2.46 bits per heavy atom. The van der Waals surface area contributed by atoms with Crippen molar-refractivity contribution in [2.45, 2.75) is 26.2 Å². The lowest BCUT2D eigenvalue weighted by Gasteiger charge is -1.96. The third-order valence-corrected chi connectivity index (χ3v) is 1.95. The van der Waals surface area contributed by atoms with Crippen LogP contribution < -0.4 is 21.5 Å². The molecule has 0 amide bonds. The van der Waals surface area contributed by atoms with Crippen LogP contribution in [0.25, 0.3) is 6.20 Å². The van der Waals surface area contributed by atoms with Gasteiger partial charge in [-0.15, -0.1) is 0 Å². The third kappa shape index (κ3) is 4.23. The lowest BCUT2D eigenvalue weighted by Crippen LogP contribution is -3.00. The van der Waals surface area contributed by atoms with Crippen LogP contribution in [0.1, 0.15) is 25.3 Å². The van der Waals surface area contributed by atoms with Crippen molar-refractivity contribution in [3.05, 3.63) is 36.7 Å². The number of hydrogen-bond acceptors (Lipinski definition) is 0. The predicted octanol–water partition coefficient (Wildman–Crippen LogP) is -0.579. The van der Waals surface area contributed by atoms with Gasteiger partial charge in [0.1, 0.15) is 0 Å². The molecule has 13 heavy (non-hydrogen) atoms. The summed E-state index contributed by atoms with van der Waals surface area (Å²) in [5, 5.41) is 0. The number of halogens is 1. The number of rotatable bonds is 4. The summed E-state index contributed by atoms with van der Waals surface area (Å²) in [5.41, 5.74) is 1.41. The summed E-state index contributed by atoms with van der Waals surface area (Å²) in [6, 6.07) is 4.30. The lowest BCUT2D eigenvalue weighted by molar-refractivity contribution is -0.568. The summed E-state index contributed by atoms with van der Waals surface area (Å²) in [6.07, 6.45) is 9.60. The molecule has 1 heterocycles. The molecular weight excluding hydrogens is 226 g/mol. The first-order valence-electron chi connectivity index (χ1n) is 4.49. The highest BCUT2D eigenvalue weighted by Gasteiger charge is 1.95. The Hall–Kier alpha value is -0.630. The zero-order valence-corrected chi connectivity index (χ0v) is 9.63. The van der Waals surface area contributed by atoms with Gasteiger partial charge in [0.05, 0.1) is 0 Å². The molecule has 1 rings (SSSR count). The molecule has 0 aromatic carbocycles. The normalized spacial score (nSPS) is 9.00. The van der Waals surface area contributed by atoms with Crippen molar-refractivity contribution in [3.8, 4) is 0 Å². The van der Waals surface area contributed by atoms with Gasteiger partial charge in [-0.1, -0.05) is 13.3 Å². The van der Waals surface area contributed by atoms with Gasteiger partial charge in [0.2, 0.25) is 0 Å². The Bertz CT molecular complexity index is 241. The van der Waals surface area contributed by atoms with Gasteiger partial charge in [-0.3, -0.25) is 0 Å². The molecule has 1 aromatic heterocycles. The summed E-state index contributed by atoms with van der Waals surface area (Å²) in [6.45, 7) is 5.90. The molecule has 0 radical (unpaired) electrons. The van der Waals surface area contributed by atoms with E-state index in [9.17, 15) is 0 Å². The van der Waals surface area contributed by atoms with Gasteiger partial charge in [-0.05, 0) is 25.0 Å². The second-order valence-corrected chi connectivity index (χ2v) is 2.94. The molecule has 0 saturated heterocycles. The molecular formula is C11H16BrN. The van der Waals surface area contributed by atoms with E-state index in [4.69, 9.17) is 0 Å². The highest BCUT2D eigenvalue weighted by molar-refractivity contribution is 5.09. The number of aromatic nitrogens is 1. The smallest absolute Gasteiger partial charge is 0.174 e. The van der Waals surface area contributed by atoms with Crippen molar-refractivity contribution in [1.82, 2.24) is 0 Å². The van der Waals surface area contributed by atoms with Gasteiger partial charge in [0.25, 0.3) is 0 Å². The van der Waals surface area contributed by atoms with E-state index in [-0.39, 0.29) is 17.0 Å². The third-order valence-electron chi connectivity index (χ3n) is 1.95. The van der Waals surface area contributed by atoms with Crippen LogP contribution >= 0.6 is 0 Å². The second-order valence-electron chi connectivity index (χ2n) is 2.94. The highest BCUT2D eigenvalue weighted by atomic mass is 79.9. The van der Waals surface area contributed by atoms with Crippen LogP contribution in [0.3, 0.4) is 0 Å². The molecule has 0 atom stereocenters. The fourth-order valence-electron chi connectivity index (χ4n) is 1.14. The summed E-state index contributed by atoms with van der Waals surface area (Å²) in [5.74, 6) is 0. The van der Waals surface area contributed by atoms with E-state index in [0.29, 0.717) is 0 Å². The van der Waals surface area contributed by atoms with Crippen molar-refractivity contribution < 1.29 is 21.5 Å². The minimum absolute atomic E-state index is 0. The van der Waals surface area contributed by atoms with Crippen molar-refractivity contribution in [2.24, 2.45) is 0 Å². The van der Waals surface area contributed by atoms with Crippen LogP contribution in [0.4, 0.5) is 0 Å². The van der Waals surface area contributed by atoms with Crippen LogP contribution in [-0.4, -0.2) is 0 Å². The van der Waals surface area contributed by atoms with Crippen molar-refractivity contribution in [3.63, 3.8) is 0 Å². The van der Waals surface area contributed by atoms with E-state index < -0.39 is 0 Å². The van der Waals surface area contributed by atoms with Gasteiger partial charge in [0.15, 0.2) is 18.6 Å². The van der Waals surface area contributed by atoms with Gasteiger partial charge < -0.3 is 17.0 Å². The molecule has 72 valence electrons. The second kappa shape index (κ2) is 6.84. The van der Waals surface area contributed by atoms with E-state index in [2.05, 4.69) is 25.6 Å². The number of unbranched alkanes of at least 4 members (excludes halogenated alkanes) is 1. The largest absolute Gasteiger partial charge is 1.00 e. The van der Waals surface area contributed by atoms with Crippen molar-refractivity contribution in [1.29, 1.82) is 0 Å². The quantitative estimate of drug-likeness (QED) is 0.622. The first-order valence-corrected chi connectivity index (χ1v) is 4.49. The maximum atomic E-state index is 3.69. The summed E-state index contributed by atoms with van der Waals surface area (Å²) in [4.78, 5) is 0. The van der Waals surface area contributed by atoms with Crippen LogP contribution in [0.5, 0.6) is 0 Å². The van der Waals surface area contributed by atoms with Gasteiger partial charge in [-0.25, -0.2) is 0 Å². The molecule has 0 saturated carbocycles. The molecule has 2 heteroatoms. The number of pyridine rings is 1. The molecule has 1 nitrogen and oxygen atoms in total. The first-order chi connectivity index (χ1) is 5.86. The lowest BCUT2D eigenvalue weighted by atomic mass is 10.1. The summed E-state index contributed by atoms with van der Waals surface area (Å²) in [7, 11) is 0. The molecule has 0 fully saturated rings. The Morgan fingerprint density at radius 2 is 2.00 bits per heavy atom. The molecule has 0 aliphatic carbocycles. The van der Waals surface area contributed by atoms with Gasteiger partial charge >= 0.3 is 0 Å². The summed E-state index contributed by atoms with van der Waals surface area (Å²) < 4.78 is 1.95. The topological polar surface area (TPSA) is 3.88 Å². The Morgan fingerprint density at radius 1 is 1.38 bits per heavy atom. The van der Waals surface area contributed by atoms with E-state index in [1.807, 2.05) is 17.0 Å². The van der Waals surface area contributed by atoms with E-state index in [0.717, 1.165) is 0 Å². The maximum absolute atomic E-state index is 3.69. The van der Waals surface area contributed by atoms with Crippen molar-refractivity contribution in [2.75, 3.05) is 0 Å². The van der Waals surface area contributed by atoms with Crippen LogP contribution in [0.2, 0.25) is 0 Å². The Balaban J connectivity index is 0.00000144. The predicted molar refractivity (Wildman–Crippen MR) is 51.6 cm³/mol. The van der Waals surface area contributed by atoms with Crippen LogP contribution in [0.15, 0.2) is 31.1 Å². The van der Waals surface area contributed by atoms with Gasteiger partial charge in [0, 0.05) is 12.1 Å². The Labute approximate surface area is 90.9 Å². The first kappa shape index (κ1) is 12.4. The fourth-order valence-corrected chi connectivity index (χ4v) is 1.14. The molecule has 0 N–H and O–H groups in total. The van der Waals surface area contributed by atoms with Crippen LogP contribution in [-0.2, 0) is 6.42 Å². The maximum Gasteiger partial charge on any atom is 0.174 e. The molecule has 0 bridgehead atoms. The molecule has 1 aromatic rings.